The van der Waals surface area contributed by atoms with Crippen LogP contribution in [0.5, 0.6) is 0 Å². The maximum Gasteiger partial charge on any atom is 0.314 e. The summed E-state index contributed by atoms with van der Waals surface area (Å²) in [5.41, 5.74) is 12.2. The number of nitrogens with zero attached hydrogens (tertiary/aromatic N) is 1. The monoisotopic (exact) mass is 128 g/mol. The maximum atomic E-state index is 10.4. The second-order valence-corrected chi connectivity index (χ2v) is 2.27. The van der Waals surface area contributed by atoms with Gasteiger partial charge in [0.2, 0.25) is 0 Å². The number of amides is 2. The number of hydrogen-bond acceptors (Lipinski definition) is 1. The first kappa shape index (κ1) is 6.35. The maximum absolute atomic E-state index is 10.4. The summed E-state index contributed by atoms with van der Waals surface area (Å²) in [7, 11) is 0. The van der Waals surface area contributed by atoms with E-state index in [2.05, 4.69) is 0 Å². The molecule has 2 amide bonds. The molecule has 1 rings (SSSR count). The molecule has 9 heavy (non-hydrogen) atoms. The Hall–Kier alpha value is -0.770. The summed E-state index contributed by atoms with van der Waals surface area (Å²) < 4.78 is 0. The van der Waals surface area contributed by atoms with Crippen LogP contribution in [0, 0.1) is 0 Å². The fraction of sp³-hybridized carbons (Fsp3) is 0.800. The zero-order valence-corrected chi connectivity index (χ0v) is 5.13. The van der Waals surface area contributed by atoms with Gasteiger partial charge in [0.15, 0.2) is 0 Å². The molecule has 4 heteroatoms. The lowest BCUT2D eigenvalue weighted by Gasteiger charge is -2.10. The van der Waals surface area contributed by atoms with Gasteiger partial charge >= 0.3 is 6.03 Å². The molecule has 1 aliphatic rings. The number of urea groups is 1. The zero-order chi connectivity index (χ0) is 6.85. The lowest BCUT2D eigenvalue weighted by atomic mass is 10.3. The van der Waals surface area contributed by atoms with Gasteiger partial charge in [0, 0.05) is 19.1 Å². The van der Waals surface area contributed by atoms with Crippen molar-refractivity contribution in [3.63, 3.8) is 0 Å². The molecule has 1 unspecified atom stereocenters. The van der Waals surface area contributed by atoms with Crippen molar-refractivity contribution in [3.05, 3.63) is 0 Å². The summed E-state index contributed by atoms with van der Waals surface area (Å²) in [6.45, 7) is 1.17. The van der Waals surface area contributed by atoms with Crippen LogP contribution in [0.3, 0.4) is 0 Å². The SMILES string of the molecule is [NH]C1CCN(C(N)=O)C1. The third-order valence-electron chi connectivity index (χ3n) is 1.50. The van der Waals surface area contributed by atoms with Crippen LogP contribution in [0.2, 0.25) is 0 Å². The second-order valence-electron chi connectivity index (χ2n) is 2.27. The number of rotatable bonds is 0. The Morgan fingerprint density at radius 2 is 2.44 bits per heavy atom. The topological polar surface area (TPSA) is 70.1 Å². The number of hydrogen-bond donors (Lipinski definition) is 1. The van der Waals surface area contributed by atoms with E-state index in [0.29, 0.717) is 13.1 Å². The molecule has 1 atom stereocenters. The molecule has 51 valence electrons. The first-order valence-electron chi connectivity index (χ1n) is 2.95. The van der Waals surface area contributed by atoms with Crippen molar-refractivity contribution < 1.29 is 4.79 Å². The highest BCUT2D eigenvalue weighted by molar-refractivity contribution is 5.72. The molecule has 1 aliphatic heterocycles. The lowest BCUT2D eigenvalue weighted by molar-refractivity contribution is 0.218. The van der Waals surface area contributed by atoms with Gasteiger partial charge in [-0.05, 0) is 6.42 Å². The molecule has 1 fully saturated rings. The summed E-state index contributed by atoms with van der Waals surface area (Å²) >= 11 is 0. The Bertz CT molecular complexity index is 125. The largest absolute Gasteiger partial charge is 0.351 e. The predicted molar refractivity (Wildman–Crippen MR) is 32.7 cm³/mol. The van der Waals surface area contributed by atoms with Crippen LogP contribution in [0.4, 0.5) is 4.79 Å². The Labute approximate surface area is 53.8 Å². The molecule has 0 saturated carbocycles. The van der Waals surface area contributed by atoms with Crippen LogP contribution in [0.1, 0.15) is 6.42 Å². The normalized spacial score (nSPS) is 26.8. The Morgan fingerprint density at radius 3 is 2.67 bits per heavy atom. The van der Waals surface area contributed by atoms with Gasteiger partial charge in [0.05, 0.1) is 0 Å². The van der Waals surface area contributed by atoms with Gasteiger partial charge in [-0.1, -0.05) is 0 Å². The second kappa shape index (κ2) is 2.23. The number of carbonyl (C=O) groups is 1. The van der Waals surface area contributed by atoms with Gasteiger partial charge in [-0.3, -0.25) is 5.73 Å². The van der Waals surface area contributed by atoms with E-state index in [9.17, 15) is 4.79 Å². The summed E-state index contributed by atoms with van der Waals surface area (Å²) in [6, 6.07) is -0.512. The highest BCUT2D eigenvalue weighted by atomic mass is 16.2. The van der Waals surface area contributed by atoms with E-state index >= 15 is 0 Å². The number of carbonyl (C=O) groups excluding carboxylic acids is 1. The number of likely N-dealkylation sites (tertiary alicyclic amines) is 1. The lowest BCUT2D eigenvalue weighted by Crippen LogP contribution is -2.34. The summed E-state index contributed by atoms with van der Waals surface area (Å²) in [5, 5.41) is 0. The van der Waals surface area contributed by atoms with Crippen molar-refractivity contribution in [3.8, 4) is 0 Å². The Balaban J connectivity index is 2.39. The summed E-state index contributed by atoms with van der Waals surface area (Å²) in [5.74, 6) is 0. The van der Waals surface area contributed by atoms with E-state index in [1.165, 1.54) is 4.90 Å². The van der Waals surface area contributed by atoms with Crippen molar-refractivity contribution in [1.29, 1.82) is 0 Å². The summed E-state index contributed by atoms with van der Waals surface area (Å²) in [6.07, 6.45) is 0.767. The van der Waals surface area contributed by atoms with E-state index in [1.54, 1.807) is 0 Å². The molecule has 0 spiro atoms. The van der Waals surface area contributed by atoms with Crippen LogP contribution in [0.15, 0.2) is 0 Å². The molecule has 0 aromatic rings. The van der Waals surface area contributed by atoms with E-state index in [0.717, 1.165) is 6.42 Å². The number of primary amides is 1. The van der Waals surface area contributed by atoms with Gasteiger partial charge in [-0.15, -0.1) is 0 Å². The van der Waals surface area contributed by atoms with Gasteiger partial charge < -0.3 is 10.6 Å². The molecule has 0 aromatic carbocycles. The van der Waals surface area contributed by atoms with Gasteiger partial charge in [0.25, 0.3) is 0 Å². The molecule has 0 bridgehead atoms. The van der Waals surface area contributed by atoms with Crippen LogP contribution >= 0.6 is 0 Å². The Kier molecular flexibility index (Phi) is 1.57. The molecule has 3 N–H and O–H groups in total. The average molecular weight is 128 g/mol. The Morgan fingerprint density at radius 1 is 1.78 bits per heavy atom. The molecular weight excluding hydrogens is 118 g/mol. The third kappa shape index (κ3) is 1.32. The molecule has 1 heterocycles. The fourth-order valence-electron chi connectivity index (χ4n) is 0.960. The van der Waals surface area contributed by atoms with Crippen molar-refractivity contribution in [2.24, 2.45) is 5.73 Å². The van der Waals surface area contributed by atoms with Crippen molar-refractivity contribution >= 4 is 6.03 Å². The molecule has 1 radical (unpaired) electrons. The first-order chi connectivity index (χ1) is 4.20. The minimum absolute atomic E-state index is 0.113. The fourth-order valence-corrected chi connectivity index (χ4v) is 0.960. The van der Waals surface area contributed by atoms with Gasteiger partial charge in [-0.25, -0.2) is 4.79 Å². The molecule has 0 aromatic heterocycles. The molecule has 4 nitrogen and oxygen atoms in total. The standard InChI is InChI=1S/C5H10N3O/c6-4-1-2-8(3-4)5(7)9/h4,6H,1-3H2,(H2,7,9). The minimum Gasteiger partial charge on any atom is -0.351 e. The average Bonchev–Trinajstić information content (AvgIpc) is 2.14. The van der Waals surface area contributed by atoms with E-state index in [4.69, 9.17) is 11.5 Å². The van der Waals surface area contributed by atoms with E-state index in [-0.39, 0.29) is 6.04 Å². The third-order valence-corrected chi connectivity index (χ3v) is 1.50. The minimum atomic E-state index is -0.398. The van der Waals surface area contributed by atoms with Gasteiger partial charge in [-0.2, -0.15) is 0 Å². The number of nitrogens with two attached hydrogens (primary N) is 1. The predicted octanol–water partition coefficient (Wildman–Crippen LogP) is -0.578. The molecule has 0 aliphatic carbocycles. The van der Waals surface area contributed by atoms with Gasteiger partial charge in [0.1, 0.15) is 0 Å². The molecule has 1 saturated heterocycles. The van der Waals surface area contributed by atoms with Crippen LogP contribution in [0.25, 0.3) is 0 Å². The van der Waals surface area contributed by atoms with E-state index < -0.39 is 6.03 Å². The number of nitrogens with one attached hydrogen (secondary N) is 1. The van der Waals surface area contributed by atoms with E-state index in [1.807, 2.05) is 0 Å². The van der Waals surface area contributed by atoms with Crippen LogP contribution in [-0.2, 0) is 0 Å². The zero-order valence-electron chi connectivity index (χ0n) is 5.13. The quantitative estimate of drug-likeness (QED) is 0.466. The van der Waals surface area contributed by atoms with Crippen LogP contribution in [-0.4, -0.2) is 30.1 Å². The molecular formula is C5H10N3O. The van der Waals surface area contributed by atoms with Crippen molar-refractivity contribution in [2.75, 3.05) is 13.1 Å². The van der Waals surface area contributed by atoms with Crippen molar-refractivity contribution in [1.82, 2.24) is 10.6 Å². The summed E-state index contributed by atoms with van der Waals surface area (Å²) in [4.78, 5) is 11.9. The first-order valence-corrected chi connectivity index (χ1v) is 2.95. The highest BCUT2D eigenvalue weighted by Gasteiger charge is 2.21. The highest BCUT2D eigenvalue weighted by Crippen LogP contribution is 2.06. The van der Waals surface area contributed by atoms with Crippen LogP contribution < -0.4 is 11.5 Å². The van der Waals surface area contributed by atoms with Crippen molar-refractivity contribution in [2.45, 2.75) is 12.5 Å². The smallest absolute Gasteiger partial charge is 0.314 e.